The molecule has 2 aromatic carbocycles. The maximum absolute atomic E-state index is 13.7. The first-order chi connectivity index (χ1) is 8.56. The van der Waals surface area contributed by atoms with Crippen LogP contribution in [0.15, 0.2) is 18.2 Å². The van der Waals surface area contributed by atoms with Crippen LogP contribution in [0.2, 0.25) is 0 Å². The summed E-state index contributed by atoms with van der Waals surface area (Å²) in [6, 6.07) is 4.55. The maximum Gasteiger partial charge on any atom is 0.195 e. The van der Waals surface area contributed by atoms with E-state index in [2.05, 4.69) is 6.92 Å². The van der Waals surface area contributed by atoms with Gasteiger partial charge in [-0.3, -0.25) is 0 Å². The smallest absolute Gasteiger partial charge is 0.195 e. The molecule has 0 radical (unpaired) electrons. The molecule has 0 aliphatic heterocycles. The van der Waals surface area contributed by atoms with Crippen LogP contribution in [0, 0.1) is 23.4 Å². The van der Waals surface area contributed by atoms with Crippen molar-refractivity contribution in [3.05, 3.63) is 46.8 Å². The number of halogens is 3. The van der Waals surface area contributed by atoms with Crippen LogP contribution in [0.1, 0.15) is 24.5 Å². The quantitative estimate of drug-likeness (QED) is 0.608. The summed E-state index contributed by atoms with van der Waals surface area (Å²) in [5.74, 6) is -3.02. The second-order valence-electron chi connectivity index (χ2n) is 5.18. The summed E-state index contributed by atoms with van der Waals surface area (Å²) in [5.41, 5.74) is 2.19. The molecule has 18 heavy (non-hydrogen) atoms. The van der Waals surface area contributed by atoms with Crippen LogP contribution in [0.3, 0.4) is 0 Å². The molecule has 1 aliphatic carbocycles. The van der Waals surface area contributed by atoms with Gasteiger partial charge >= 0.3 is 0 Å². The molecule has 1 unspecified atom stereocenters. The number of rotatable bonds is 0. The fourth-order valence-electron chi connectivity index (χ4n) is 2.74. The molecular weight excluding hydrogens is 237 g/mol. The van der Waals surface area contributed by atoms with Gasteiger partial charge in [-0.05, 0) is 53.8 Å². The van der Waals surface area contributed by atoms with E-state index in [1.54, 1.807) is 12.1 Å². The lowest BCUT2D eigenvalue weighted by Crippen LogP contribution is -2.11. The van der Waals surface area contributed by atoms with Gasteiger partial charge in [0, 0.05) is 5.39 Å². The van der Waals surface area contributed by atoms with Crippen LogP contribution in [0.4, 0.5) is 13.2 Å². The molecule has 2 aromatic rings. The summed E-state index contributed by atoms with van der Waals surface area (Å²) in [5, 5.41) is 0.626. The number of fused-ring (bicyclic) bond motifs is 2. The number of benzene rings is 2. The molecule has 3 heteroatoms. The second-order valence-corrected chi connectivity index (χ2v) is 5.18. The van der Waals surface area contributed by atoms with Gasteiger partial charge in [-0.25, -0.2) is 13.2 Å². The van der Waals surface area contributed by atoms with E-state index < -0.39 is 17.5 Å². The average Bonchev–Trinajstić information content (AvgIpc) is 2.35. The van der Waals surface area contributed by atoms with Crippen LogP contribution in [-0.2, 0) is 12.8 Å². The van der Waals surface area contributed by atoms with Gasteiger partial charge in [-0.2, -0.15) is 0 Å². The van der Waals surface area contributed by atoms with Crippen LogP contribution in [0.25, 0.3) is 10.8 Å². The van der Waals surface area contributed by atoms with E-state index in [9.17, 15) is 13.2 Å². The summed E-state index contributed by atoms with van der Waals surface area (Å²) in [7, 11) is 0. The molecule has 0 fully saturated rings. The molecular formula is C15H13F3. The molecule has 0 spiro atoms. The third kappa shape index (κ3) is 1.69. The fourth-order valence-corrected chi connectivity index (χ4v) is 2.74. The molecule has 0 nitrogen and oxygen atoms in total. The highest BCUT2D eigenvalue weighted by Gasteiger charge is 2.19. The van der Waals surface area contributed by atoms with E-state index in [0.717, 1.165) is 36.5 Å². The van der Waals surface area contributed by atoms with Crippen molar-refractivity contribution in [2.75, 3.05) is 0 Å². The zero-order valence-electron chi connectivity index (χ0n) is 10.1. The van der Waals surface area contributed by atoms with Gasteiger partial charge < -0.3 is 0 Å². The average molecular weight is 250 g/mol. The summed E-state index contributed by atoms with van der Waals surface area (Å²) in [6.45, 7) is 2.15. The van der Waals surface area contributed by atoms with Gasteiger partial charge in [-0.1, -0.05) is 13.0 Å². The lowest BCUT2D eigenvalue weighted by atomic mass is 9.83. The third-order valence-corrected chi connectivity index (χ3v) is 3.77. The van der Waals surface area contributed by atoms with E-state index in [-0.39, 0.29) is 5.39 Å². The minimum atomic E-state index is -1.38. The molecule has 0 saturated heterocycles. The van der Waals surface area contributed by atoms with E-state index in [1.807, 2.05) is 0 Å². The van der Waals surface area contributed by atoms with Gasteiger partial charge in [0.15, 0.2) is 17.5 Å². The third-order valence-electron chi connectivity index (χ3n) is 3.77. The molecule has 0 bridgehead atoms. The van der Waals surface area contributed by atoms with Crippen molar-refractivity contribution in [1.29, 1.82) is 0 Å². The first-order valence-electron chi connectivity index (χ1n) is 6.15. The summed E-state index contributed by atoms with van der Waals surface area (Å²) >= 11 is 0. The molecule has 1 aliphatic rings. The van der Waals surface area contributed by atoms with Crippen molar-refractivity contribution in [1.82, 2.24) is 0 Å². The molecule has 0 aromatic heterocycles. The maximum atomic E-state index is 13.7. The minimum Gasteiger partial charge on any atom is -0.204 e. The molecule has 0 saturated carbocycles. The summed E-state index contributed by atoms with van der Waals surface area (Å²) in [4.78, 5) is 0. The van der Waals surface area contributed by atoms with Crippen molar-refractivity contribution in [2.45, 2.75) is 26.2 Å². The van der Waals surface area contributed by atoms with Gasteiger partial charge in [0.1, 0.15) is 0 Å². The highest BCUT2D eigenvalue weighted by Crippen LogP contribution is 2.31. The predicted molar refractivity (Wildman–Crippen MR) is 65.0 cm³/mol. The first kappa shape index (κ1) is 11.6. The number of hydrogen-bond donors (Lipinski definition) is 0. The van der Waals surface area contributed by atoms with E-state index >= 15 is 0 Å². The molecule has 3 rings (SSSR count). The SMILES string of the molecule is CC1CCc2cc3cc(F)c(F)c(F)c3cc2C1. The second kappa shape index (κ2) is 4.01. The first-order valence-corrected chi connectivity index (χ1v) is 6.15. The van der Waals surface area contributed by atoms with Crippen molar-refractivity contribution >= 4 is 10.8 Å². The van der Waals surface area contributed by atoms with Gasteiger partial charge in [0.2, 0.25) is 0 Å². The van der Waals surface area contributed by atoms with Gasteiger partial charge in [0.25, 0.3) is 0 Å². The topological polar surface area (TPSA) is 0 Å². The van der Waals surface area contributed by atoms with E-state index in [1.165, 1.54) is 0 Å². The van der Waals surface area contributed by atoms with Crippen molar-refractivity contribution in [3.8, 4) is 0 Å². The highest BCUT2D eigenvalue weighted by atomic mass is 19.2. The Labute approximate surface area is 103 Å². The monoisotopic (exact) mass is 250 g/mol. The Balaban J connectivity index is 2.28. The Hall–Kier alpha value is -1.51. The molecule has 0 N–H and O–H groups in total. The molecule has 0 amide bonds. The Morgan fingerprint density at radius 3 is 2.56 bits per heavy atom. The van der Waals surface area contributed by atoms with Crippen molar-refractivity contribution in [3.63, 3.8) is 0 Å². The largest absolute Gasteiger partial charge is 0.204 e. The molecule has 0 heterocycles. The normalized spacial score (nSPS) is 19.0. The van der Waals surface area contributed by atoms with Crippen molar-refractivity contribution in [2.24, 2.45) is 5.92 Å². The minimum absolute atomic E-state index is 0.182. The molecule has 1 atom stereocenters. The van der Waals surface area contributed by atoms with E-state index in [0.29, 0.717) is 11.3 Å². The molecule has 94 valence electrons. The number of aryl methyl sites for hydroxylation is 1. The van der Waals surface area contributed by atoms with Crippen LogP contribution in [0.5, 0.6) is 0 Å². The summed E-state index contributed by atoms with van der Waals surface area (Å²) in [6.07, 6.45) is 2.89. The Morgan fingerprint density at radius 2 is 1.78 bits per heavy atom. The number of hydrogen-bond acceptors (Lipinski definition) is 0. The van der Waals surface area contributed by atoms with Crippen molar-refractivity contribution < 1.29 is 13.2 Å². The summed E-state index contributed by atoms with van der Waals surface area (Å²) < 4.78 is 40.1. The zero-order valence-corrected chi connectivity index (χ0v) is 10.1. The Kier molecular flexibility index (Phi) is 2.58. The van der Waals surface area contributed by atoms with Gasteiger partial charge in [-0.15, -0.1) is 0 Å². The lowest BCUT2D eigenvalue weighted by Gasteiger charge is -2.22. The predicted octanol–water partition coefficient (Wildman–Crippen LogP) is 4.38. The van der Waals surface area contributed by atoms with Crippen LogP contribution < -0.4 is 0 Å². The fraction of sp³-hybridized carbons (Fsp3) is 0.333. The van der Waals surface area contributed by atoms with Crippen LogP contribution >= 0.6 is 0 Å². The highest BCUT2D eigenvalue weighted by molar-refractivity contribution is 5.85. The lowest BCUT2D eigenvalue weighted by molar-refractivity contribution is 0.453. The van der Waals surface area contributed by atoms with Gasteiger partial charge in [0.05, 0.1) is 0 Å². The standard InChI is InChI=1S/C15H13F3/c1-8-2-3-9-5-11-7-13(16)15(18)14(17)12(11)6-10(9)4-8/h5-8H,2-4H2,1H3. The Bertz CT molecular complexity index is 631. The van der Waals surface area contributed by atoms with E-state index in [4.69, 9.17) is 0 Å². The zero-order chi connectivity index (χ0) is 12.9. The van der Waals surface area contributed by atoms with Crippen LogP contribution in [-0.4, -0.2) is 0 Å². The Morgan fingerprint density at radius 1 is 1.00 bits per heavy atom.